The standard InChI is InChI=1S/C21H28/c1-2-11-5-10(1)14-7-16-17(8-15(11)14)19-9-18(16)20-12-3-4-13(6-12)21(19)20/h1-2,10-21H,3-9H2. The van der Waals surface area contributed by atoms with Gasteiger partial charge in [-0.25, -0.2) is 0 Å². The highest BCUT2D eigenvalue weighted by molar-refractivity contribution is 5.20. The fourth-order valence-corrected chi connectivity index (χ4v) is 9.89. The van der Waals surface area contributed by atoms with Crippen LogP contribution in [0.1, 0.15) is 44.9 Å². The Morgan fingerprint density at radius 1 is 0.476 bits per heavy atom. The Labute approximate surface area is 128 Å². The summed E-state index contributed by atoms with van der Waals surface area (Å²) in [6, 6.07) is 0. The summed E-state index contributed by atoms with van der Waals surface area (Å²) in [5.74, 6) is 13.9. The maximum absolute atomic E-state index is 2.61. The normalized spacial score (nSPS) is 71.2. The van der Waals surface area contributed by atoms with Gasteiger partial charge in [0, 0.05) is 0 Å². The van der Waals surface area contributed by atoms with Crippen LogP contribution in [-0.2, 0) is 0 Å². The summed E-state index contributed by atoms with van der Waals surface area (Å²) in [7, 11) is 0. The van der Waals surface area contributed by atoms with Crippen LogP contribution in [0.15, 0.2) is 12.2 Å². The first kappa shape index (κ1) is 11.3. The molecule has 0 aliphatic heterocycles. The van der Waals surface area contributed by atoms with Crippen molar-refractivity contribution in [2.75, 3.05) is 0 Å². The smallest absolute Gasteiger partial charge is 0.0196 e. The summed E-state index contributed by atoms with van der Waals surface area (Å²) in [5, 5.41) is 0. The lowest BCUT2D eigenvalue weighted by molar-refractivity contribution is -0.00816. The van der Waals surface area contributed by atoms with E-state index in [0.29, 0.717) is 0 Å². The van der Waals surface area contributed by atoms with Gasteiger partial charge < -0.3 is 0 Å². The van der Waals surface area contributed by atoms with Gasteiger partial charge >= 0.3 is 0 Å². The van der Waals surface area contributed by atoms with Gasteiger partial charge in [-0.05, 0) is 116 Å². The number of hydrogen-bond acceptors (Lipinski definition) is 0. The lowest BCUT2D eigenvalue weighted by atomic mass is 9.55. The van der Waals surface area contributed by atoms with Crippen molar-refractivity contribution in [1.29, 1.82) is 0 Å². The molecule has 12 atom stereocenters. The van der Waals surface area contributed by atoms with Gasteiger partial charge in [0.2, 0.25) is 0 Å². The maximum Gasteiger partial charge on any atom is -0.0196 e. The van der Waals surface area contributed by atoms with Crippen LogP contribution in [0.4, 0.5) is 0 Å². The van der Waals surface area contributed by atoms with Crippen LogP contribution in [0.3, 0.4) is 0 Å². The Kier molecular flexibility index (Phi) is 1.86. The molecule has 12 unspecified atom stereocenters. The van der Waals surface area contributed by atoms with Crippen molar-refractivity contribution in [3.8, 4) is 0 Å². The Hall–Kier alpha value is -0.260. The van der Waals surface area contributed by atoms with Gasteiger partial charge in [0.05, 0.1) is 0 Å². The van der Waals surface area contributed by atoms with Gasteiger partial charge in [0.15, 0.2) is 0 Å². The zero-order valence-electron chi connectivity index (χ0n) is 13.0. The van der Waals surface area contributed by atoms with E-state index in [0.717, 1.165) is 23.7 Å². The molecule has 0 N–H and O–H groups in total. The first-order chi connectivity index (χ1) is 10.4. The number of rotatable bonds is 0. The Morgan fingerprint density at radius 2 is 1.00 bits per heavy atom. The van der Waals surface area contributed by atoms with E-state index in [1.54, 1.807) is 44.9 Å². The van der Waals surface area contributed by atoms with Crippen LogP contribution in [0, 0.1) is 71.0 Å². The first-order valence-electron chi connectivity index (χ1n) is 10.1. The van der Waals surface area contributed by atoms with E-state index in [4.69, 9.17) is 0 Å². The number of allylic oxidation sites excluding steroid dienone is 2. The second-order valence-corrected chi connectivity index (χ2v) is 10.1. The minimum atomic E-state index is 1.01. The Morgan fingerprint density at radius 3 is 1.57 bits per heavy atom. The van der Waals surface area contributed by atoms with Gasteiger partial charge in [-0.2, -0.15) is 0 Å². The molecule has 0 amide bonds. The predicted molar refractivity (Wildman–Crippen MR) is 83.3 cm³/mol. The molecule has 0 aromatic heterocycles. The Bertz CT molecular complexity index is 488. The molecule has 0 aromatic carbocycles. The second kappa shape index (κ2) is 3.46. The third-order valence-electron chi connectivity index (χ3n) is 10.1. The molecule has 6 bridgehead atoms. The SMILES string of the molecule is C1=CC2CC1C1CC3C(CC21)C1CC3C2C3CCC(C3)C12. The quantitative estimate of drug-likeness (QED) is 0.443. The van der Waals surface area contributed by atoms with E-state index in [-0.39, 0.29) is 0 Å². The highest BCUT2D eigenvalue weighted by atomic mass is 14.7. The minimum absolute atomic E-state index is 1.01. The number of hydrogen-bond donors (Lipinski definition) is 0. The molecule has 0 heterocycles. The fraction of sp³-hybridized carbons (Fsp3) is 0.905. The van der Waals surface area contributed by atoms with Gasteiger partial charge in [0.1, 0.15) is 0 Å². The molecule has 0 spiro atoms. The summed E-state index contributed by atoms with van der Waals surface area (Å²) >= 11 is 0. The molecular weight excluding hydrogens is 252 g/mol. The van der Waals surface area contributed by atoms with Crippen molar-refractivity contribution in [3.63, 3.8) is 0 Å². The summed E-state index contributed by atoms with van der Waals surface area (Å²) in [6.45, 7) is 0. The van der Waals surface area contributed by atoms with Crippen LogP contribution >= 0.6 is 0 Å². The topological polar surface area (TPSA) is 0 Å². The molecule has 7 aliphatic rings. The lowest BCUT2D eigenvalue weighted by Gasteiger charge is -2.50. The Balaban J connectivity index is 1.27. The predicted octanol–water partition coefficient (Wildman–Crippen LogP) is 4.76. The molecule has 0 aromatic rings. The second-order valence-electron chi connectivity index (χ2n) is 10.1. The molecule has 6 saturated carbocycles. The van der Waals surface area contributed by atoms with Gasteiger partial charge in [-0.1, -0.05) is 12.2 Å². The highest BCUT2D eigenvalue weighted by Gasteiger charge is 2.67. The average molecular weight is 280 g/mol. The summed E-state index contributed by atoms with van der Waals surface area (Å²) < 4.78 is 0. The van der Waals surface area contributed by atoms with Crippen LogP contribution in [0.25, 0.3) is 0 Å². The third-order valence-corrected chi connectivity index (χ3v) is 10.1. The molecule has 7 aliphatic carbocycles. The first-order valence-corrected chi connectivity index (χ1v) is 10.1. The summed E-state index contributed by atoms with van der Waals surface area (Å²) in [6.07, 6.45) is 16.6. The largest absolute Gasteiger partial charge is 0.0848 e. The van der Waals surface area contributed by atoms with Crippen LogP contribution < -0.4 is 0 Å². The molecule has 112 valence electrons. The molecule has 0 heteroatoms. The van der Waals surface area contributed by atoms with E-state index in [1.807, 2.05) is 0 Å². The van der Waals surface area contributed by atoms with Gasteiger partial charge in [-0.3, -0.25) is 0 Å². The van der Waals surface area contributed by atoms with Crippen molar-refractivity contribution in [1.82, 2.24) is 0 Å². The van der Waals surface area contributed by atoms with E-state index < -0.39 is 0 Å². The van der Waals surface area contributed by atoms with Crippen LogP contribution in [0.5, 0.6) is 0 Å². The molecule has 0 nitrogen and oxygen atoms in total. The van der Waals surface area contributed by atoms with E-state index in [1.165, 1.54) is 47.3 Å². The summed E-state index contributed by atoms with van der Waals surface area (Å²) in [4.78, 5) is 0. The van der Waals surface area contributed by atoms with Gasteiger partial charge in [0.25, 0.3) is 0 Å². The van der Waals surface area contributed by atoms with Crippen molar-refractivity contribution in [3.05, 3.63) is 12.2 Å². The fourth-order valence-electron chi connectivity index (χ4n) is 9.89. The van der Waals surface area contributed by atoms with Crippen molar-refractivity contribution >= 4 is 0 Å². The lowest BCUT2D eigenvalue weighted by Crippen LogP contribution is -2.44. The van der Waals surface area contributed by atoms with Crippen molar-refractivity contribution < 1.29 is 0 Å². The zero-order valence-corrected chi connectivity index (χ0v) is 13.0. The molecule has 0 saturated heterocycles. The van der Waals surface area contributed by atoms with Crippen molar-refractivity contribution in [2.45, 2.75) is 44.9 Å². The maximum atomic E-state index is 2.61. The number of fused-ring (bicyclic) bond motifs is 17. The van der Waals surface area contributed by atoms with Crippen LogP contribution in [-0.4, -0.2) is 0 Å². The zero-order chi connectivity index (χ0) is 13.3. The molecule has 7 rings (SSSR count). The molecule has 6 fully saturated rings. The minimum Gasteiger partial charge on any atom is -0.0848 e. The van der Waals surface area contributed by atoms with Gasteiger partial charge in [-0.15, -0.1) is 0 Å². The van der Waals surface area contributed by atoms with E-state index >= 15 is 0 Å². The summed E-state index contributed by atoms with van der Waals surface area (Å²) in [5.41, 5.74) is 0. The monoisotopic (exact) mass is 280 g/mol. The van der Waals surface area contributed by atoms with Crippen molar-refractivity contribution in [2.24, 2.45) is 71.0 Å². The molecule has 21 heavy (non-hydrogen) atoms. The highest BCUT2D eigenvalue weighted by Crippen LogP contribution is 2.74. The molecule has 0 radical (unpaired) electrons. The molecular formula is C21H28. The van der Waals surface area contributed by atoms with E-state index in [9.17, 15) is 0 Å². The third kappa shape index (κ3) is 1.14. The van der Waals surface area contributed by atoms with E-state index in [2.05, 4.69) is 12.2 Å². The van der Waals surface area contributed by atoms with Crippen LogP contribution in [0.2, 0.25) is 0 Å². The average Bonchev–Trinajstić information content (AvgIpc) is 3.31.